The lowest BCUT2D eigenvalue weighted by Crippen LogP contribution is -2.39. The van der Waals surface area contributed by atoms with E-state index in [2.05, 4.69) is 0 Å². The Morgan fingerprint density at radius 3 is 1.64 bits per heavy atom. The second kappa shape index (κ2) is 4.95. The number of nitrogens with zero attached hydrogens (tertiary/aromatic N) is 1. The molecule has 5 nitrogen and oxygen atoms in total. The van der Waals surface area contributed by atoms with Crippen LogP contribution in [0, 0.1) is 5.41 Å². The highest BCUT2D eigenvalue weighted by Gasteiger charge is 2.20. The molecule has 0 fully saturated rings. The van der Waals surface area contributed by atoms with E-state index < -0.39 is 11.9 Å². The van der Waals surface area contributed by atoms with Crippen LogP contribution in [0.5, 0.6) is 0 Å². The summed E-state index contributed by atoms with van der Waals surface area (Å²) in [6, 6.07) is 0. The maximum Gasteiger partial charge on any atom is 0.317 e. The molecule has 0 rings (SSSR count). The van der Waals surface area contributed by atoms with Gasteiger partial charge in [-0.1, -0.05) is 20.8 Å². The summed E-state index contributed by atoms with van der Waals surface area (Å²) in [6.07, 6.45) is 0. The van der Waals surface area contributed by atoms with Crippen LogP contribution in [0.15, 0.2) is 0 Å². The quantitative estimate of drug-likeness (QED) is 0.680. The van der Waals surface area contributed by atoms with Crippen LogP contribution in [0.25, 0.3) is 0 Å². The van der Waals surface area contributed by atoms with Crippen LogP contribution in [0.4, 0.5) is 0 Å². The summed E-state index contributed by atoms with van der Waals surface area (Å²) in [5.74, 6) is -2.01. The molecule has 0 unspecified atom stereocenters. The fourth-order valence-electron chi connectivity index (χ4n) is 1.22. The van der Waals surface area contributed by atoms with Crippen LogP contribution >= 0.6 is 0 Å². The molecule has 0 amide bonds. The summed E-state index contributed by atoms with van der Waals surface area (Å²) >= 11 is 0. The predicted molar refractivity (Wildman–Crippen MR) is 51.2 cm³/mol. The van der Waals surface area contributed by atoms with Gasteiger partial charge in [-0.3, -0.25) is 14.5 Å². The zero-order valence-electron chi connectivity index (χ0n) is 8.78. The van der Waals surface area contributed by atoms with Crippen molar-refractivity contribution in [1.29, 1.82) is 0 Å². The van der Waals surface area contributed by atoms with Crippen molar-refractivity contribution in [1.82, 2.24) is 4.90 Å². The van der Waals surface area contributed by atoms with E-state index in [-0.39, 0.29) is 18.5 Å². The SMILES string of the molecule is CC(C)(C)CN(CC(=O)O)CC(=O)O. The highest BCUT2D eigenvalue weighted by atomic mass is 16.4. The van der Waals surface area contributed by atoms with Gasteiger partial charge in [-0.25, -0.2) is 0 Å². The number of hydrogen-bond acceptors (Lipinski definition) is 3. The van der Waals surface area contributed by atoms with E-state index in [9.17, 15) is 9.59 Å². The molecule has 0 aromatic heterocycles. The number of rotatable bonds is 5. The van der Waals surface area contributed by atoms with Gasteiger partial charge in [-0.05, 0) is 5.41 Å². The lowest BCUT2D eigenvalue weighted by molar-refractivity contribution is -0.142. The van der Waals surface area contributed by atoms with Gasteiger partial charge in [0.2, 0.25) is 0 Å². The van der Waals surface area contributed by atoms with E-state index in [1.165, 1.54) is 4.90 Å². The molecule has 0 bridgehead atoms. The second-order valence-electron chi connectivity index (χ2n) is 4.49. The number of carbonyl (C=O) groups is 2. The fraction of sp³-hybridized carbons (Fsp3) is 0.778. The molecule has 0 radical (unpaired) electrons. The Morgan fingerprint density at radius 2 is 1.43 bits per heavy atom. The summed E-state index contributed by atoms with van der Waals surface area (Å²) in [7, 11) is 0. The van der Waals surface area contributed by atoms with Gasteiger partial charge in [-0.15, -0.1) is 0 Å². The first kappa shape index (κ1) is 12.9. The normalized spacial score (nSPS) is 11.7. The third-order valence-corrected chi connectivity index (χ3v) is 1.42. The van der Waals surface area contributed by atoms with Crippen LogP contribution in [0.1, 0.15) is 20.8 Å². The zero-order chi connectivity index (χ0) is 11.4. The Balaban J connectivity index is 4.24. The smallest absolute Gasteiger partial charge is 0.317 e. The summed E-state index contributed by atoms with van der Waals surface area (Å²) in [6.45, 7) is 5.79. The maximum atomic E-state index is 10.4. The lowest BCUT2D eigenvalue weighted by atomic mass is 9.96. The van der Waals surface area contributed by atoms with E-state index in [1.54, 1.807) is 0 Å². The molecule has 0 aromatic rings. The van der Waals surface area contributed by atoms with Crippen molar-refractivity contribution < 1.29 is 19.8 Å². The summed E-state index contributed by atoms with van der Waals surface area (Å²) in [4.78, 5) is 22.3. The van der Waals surface area contributed by atoms with Crippen molar-refractivity contribution in [2.75, 3.05) is 19.6 Å². The Hall–Kier alpha value is -1.10. The first-order chi connectivity index (χ1) is 6.20. The molecule has 0 aliphatic rings. The zero-order valence-corrected chi connectivity index (χ0v) is 8.78. The maximum absolute atomic E-state index is 10.4. The highest BCUT2D eigenvalue weighted by Crippen LogP contribution is 2.14. The molecule has 5 heteroatoms. The molecule has 0 saturated heterocycles. The second-order valence-corrected chi connectivity index (χ2v) is 4.49. The van der Waals surface area contributed by atoms with E-state index in [0.29, 0.717) is 6.54 Å². The Labute approximate surface area is 83.3 Å². The van der Waals surface area contributed by atoms with Gasteiger partial charge in [0.05, 0.1) is 13.1 Å². The molecule has 0 aliphatic carbocycles. The van der Waals surface area contributed by atoms with Crippen molar-refractivity contribution in [3.63, 3.8) is 0 Å². The van der Waals surface area contributed by atoms with Crippen LogP contribution in [-0.2, 0) is 9.59 Å². The number of carboxylic acid groups (broad SMARTS) is 2. The topological polar surface area (TPSA) is 77.8 Å². The van der Waals surface area contributed by atoms with E-state index in [4.69, 9.17) is 10.2 Å². The van der Waals surface area contributed by atoms with Gasteiger partial charge >= 0.3 is 11.9 Å². The van der Waals surface area contributed by atoms with Crippen LogP contribution in [0.3, 0.4) is 0 Å². The van der Waals surface area contributed by atoms with Gasteiger partial charge in [0.15, 0.2) is 0 Å². The van der Waals surface area contributed by atoms with Crippen LogP contribution in [0.2, 0.25) is 0 Å². The molecular formula is C9H17NO4. The minimum Gasteiger partial charge on any atom is -0.480 e. The first-order valence-corrected chi connectivity index (χ1v) is 4.36. The van der Waals surface area contributed by atoms with E-state index in [1.807, 2.05) is 20.8 Å². The molecule has 2 N–H and O–H groups in total. The summed E-state index contributed by atoms with van der Waals surface area (Å²) < 4.78 is 0. The molecule has 0 saturated carbocycles. The standard InChI is InChI=1S/C9H17NO4/c1-9(2,3)6-10(4-7(11)12)5-8(13)14/h4-6H2,1-3H3,(H,11,12)(H,13,14). The Morgan fingerprint density at radius 1 is 1.07 bits per heavy atom. The van der Waals surface area contributed by atoms with Crippen molar-refractivity contribution >= 4 is 11.9 Å². The Kier molecular flexibility index (Phi) is 4.56. The van der Waals surface area contributed by atoms with Crippen molar-refractivity contribution in [2.45, 2.75) is 20.8 Å². The molecule has 82 valence electrons. The molecule has 0 aromatic carbocycles. The van der Waals surface area contributed by atoms with Crippen molar-refractivity contribution in [3.05, 3.63) is 0 Å². The van der Waals surface area contributed by atoms with Gasteiger partial charge in [-0.2, -0.15) is 0 Å². The van der Waals surface area contributed by atoms with Gasteiger partial charge < -0.3 is 10.2 Å². The molecule has 0 atom stereocenters. The largest absolute Gasteiger partial charge is 0.480 e. The molecule has 0 heterocycles. The van der Waals surface area contributed by atoms with E-state index >= 15 is 0 Å². The first-order valence-electron chi connectivity index (χ1n) is 4.36. The highest BCUT2D eigenvalue weighted by molar-refractivity contribution is 5.72. The average molecular weight is 203 g/mol. The summed E-state index contributed by atoms with van der Waals surface area (Å²) in [5.41, 5.74) is -0.106. The fourth-order valence-corrected chi connectivity index (χ4v) is 1.22. The van der Waals surface area contributed by atoms with Crippen molar-refractivity contribution in [3.8, 4) is 0 Å². The lowest BCUT2D eigenvalue weighted by Gasteiger charge is -2.27. The Bertz CT molecular complexity index is 203. The van der Waals surface area contributed by atoms with Gasteiger partial charge in [0.25, 0.3) is 0 Å². The minimum atomic E-state index is -1.00. The number of aliphatic carboxylic acids is 2. The molecule has 0 spiro atoms. The predicted octanol–water partition coefficient (Wildman–Crippen LogP) is 0.504. The molecule has 14 heavy (non-hydrogen) atoms. The monoisotopic (exact) mass is 203 g/mol. The average Bonchev–Trinajstić information content (AvgIpc) is 1.77. The van der Waals surface area contributed by atoms with Crippen LogP contribution in [-0.4, -0.2) is 46.7 Å². The van der Waals surface area contributed by atoms with Crippen molar-refractivity contribution in [2.24, 2.45) is 5.41 Å². The van der Waals surface area contributed by atoms with Gasteiger partial charge in [0.1, 0.15) is 0 Å². The van der Waals surface area contributed by atoms with Gasteiger partial charge in [0, 0.05) is 6.54 Å². The van der Waals surface area contributed by atoms with E-state index in [0.717, 1.165) is 0 Å². The summed E-state index contributed by atoms with van der Waals surface area (Å²) in [5, 5.41) is 17.1. The minimum absolute atomic E-state index is 0.106. The third kappa shape index (κ3) is 7.54. The molecular weight excluding hydrogens is 186 g/mol. The van der Waals surface area contributed by atoms with Crippen LogP contribution < -0.4 is 0 Å². The molecule has 0 aliphatic heterocycles. The third-order valence-electron chi connectivity index (χ3n) is 1.42. The number of carboxylic acids is 2. The number of hydrogen-bond donors (Lipinski definition) is 2.